The second kappa shape index (κ2) is 3.78. The van der Waals surface area contributed by atoms with Crippen LogP contribution in [0.3, 0.4) is 0 Å². The third-order valence-electron chi connectivity index (χ3n) is 1.23. The minimum Gasteiger partial charge on any atom is -0.395 e. The van der Waals surface area contributed by atoms with Crippen molar-refractivity contribution in [2.45, 2.75) is 0 Å². The van der Waals surface area contributed by atoms with E-state index in [0.29, 0.717) is 0 Å². The van der Waals surface area contributed by atoms with Crippen molar-refractivity contribution in [1.82, 2.24) is 9.88 Å². The van der Waals surface area contributed by atoms with E-state index in [0.717, 1.165) is 0 Å². The van der Waals surface area contributed by atoms with Crippen LogP contribution in [0.2, 0.25) is 0 Å². The third kappa shape index (κ3) is 2.09. The predicted molar refractivity (Wildman–Crippen MR) is 40.3 cm³/mol. The Kier molecular flexibility index (Phi) is 2.68. The van der Waals surface area contributed by atoms with Crippen LogP contribution in [0, 0.1) is 0 Å². The first-order valence-corrected chi connectivity index (χ1v) is 3.36. The Bertz CT molecular complexity index is 218. The zero-order chi connectivity index (χ0) is 8.10. The Labute approximate surface area is 64.5 Å². The summed E-state index contributed by atoms with van der Waals surface area (Å²) in [5.41, 5.74) is 0. The van der Waals surface area contributed by atoms with Gasteiger partial charge >= 0.3 is 6.03 Å². The van der Waals surface area contributed by atoms with E-state index in [-0.39, 0.29) is 19.2 Å². The summed E-state index contributed by atoms with van der Waals surface area (Å²) in [6, 6.07) is 3.31. The Balaban J connectivity index is 2.43. The van der Waals surface area contributed by atoms with Gasteiger partial charge in [0.25, 0.3) is 0 Å². The van der Waals surface area contributed by atoms with Crippen molar-refractivity contribution in [3.8, 4) is 0 Å². The highest BCUT2D eigenvalue weighted by atomic mass is 16.3. The van der Waals surface area contributed by atoms with Crippen molar-refractivity contribution >= 4 is 6.03 Å². The number of amides is 1. The summed E-state index contributed by atoms with van der Waals surface area (Å²) in [7, 11) is 0. The van der Waals surface area contributed by atoms with Gasteiger partial charge in [0.05, 0.1) is 6.61 Å². The fourth-order valence-corrected chi connectivity index (χ4v) is 0.724. The second-order valence-corrected chi connectivity index (χ2v) is 2.05. The average molecular weight is 154 g/mol. The Morgan fingerprint density at radius 2 is 2.09 bits per heavy atom. The van der Waals surface area contributed by atoms with Crippen molar-refractivity contribution in [2.24, 2.45) is 0 Å². The van der Waals surface area contributed by atoms with E-state index in [1.165, 1.54) is 4.57 Å². The van der Waals surface area contributed by atoms with E-state index < -0.39 is 0 Å². The summed E-state index contributed by atoms with van der Waals surface area (Å²) in [6.45, 7) is 0.254. The van der Waals surface area contributed by atoms with E-state index in [2.05, 4.69) is 5.32 Å². The number of hydrogen-bond donors (Lipinski definition) is 2. The molecule has 0 atom stereocenters. The van der Waals surface area contributed by atoms with Crippen molar-refractivity contribution < 1.29 is 9.90 Å². The minimum atomic E-state index is -0.218. The fraction of sp³-hybridized carbons (Fsp3) is 0.286. The van der Waals surface area contributed by atoms with Crippen LogP contribution in [0.5, 0.6) is 0 Å². The molecule has 4 heteroatoms. The molecule has 1 aromatic heterocycles. The number of carbonyl (C=O) groups is 1. The molecule has 0 radical (unpaired) electrons. The second-order valence-electron chi connectivity index (χ2n) is 2.05. The van der Waals surface area contributed by atoms with E-state index in [4.69, 9.17) is 5.11 Å². The monoisotopic (exact) mass is 154 g/mol. The van der Waals surface area contributed by atoms with Crippen molar-refractivity contribution in [3.63, 3.8) is 0 Å². The van der Waals surface area contributed by atoms with Gasteiger partial charge in [-0.25, -0.2) is 4.79 Å². The quantitative estimate of drug-likeness (QED) is 0.631. The maximum Gasteiger partial charge on any atom is 0.325 e. The molecule has 1 rings (SSSR count). The molecule has 0 aliphatic carbocycles. The maximum absolute atomic E-state index is 11.0. The molecule has 1 amide bonds. The van der Waals surface area contributed by atoms with Gasteiger partial charge < -0.3 is 10.4 Å². The van der Waals surface area contributed by atoms with Crippen LogP contribution in [0.15, 0.2) is 24.5 Å². The number of nitrogens with zero attached hydrogens (tertiary/aromatic N) is 1. The largest absolute Gasteiger partial charge is 0.395 e. The van der Waals surface area contributed by atoms with Gasteiger partial charge in [0.2, 0.25) is 0 Å². The standard InChI is InChI=1S/C7H10N2O2/c10-6-3-8-7(11)9-4-1-2-5-9/h1-2,4-5,10H,3,6H2,(H,8,11). The Hall–Kier alpha value is -1.29. The van der Waals surface area contributed by atoms with Gasteiger partial charge in [-0.15, -0.1) is 0 Å². The lowest BCUT2D eigenvalue weighted by molar-refractivity contribution is 0.235. The van der Waals surface area contributed by atoms with Crippen LogP contribution in [0.4, 0.5) is 4.79 Å². The molecule has 0 saturated heterocycles. The number of aliphatic hydroxyl groups is 1. The normalized spacial score (nSPS) is 9.55. The lowest BCUT2D eigenvalue weighted by Gasteiger charge is -2.01. The molecule has 0 aliphatic rings. The molecule has 1 aromatic rings. The minimum absolute atomic E-state index is 0.0347. The van der Waals surface area contributed by atoms with E-state index in [1.54, 1.807) is 24.5 Å². The van der Waals surface area contributed by atoms with Crippen molar-refractivity contribution in [1.29, 1.82) is 0 Å². The van der Waals surface area contributed by atoms with Crippen LogP contribution in [0.1, 0.15) is 0 Å². The lowest BCUT2D eigenvalue weighted by atomic mass is 10.7. The number of hydrogen-bond acceptors (Lipinski definition) is 2. The van der Waals surface area contributed by atoms with E-state index in [9.17, 15) is 4.79 Å². The Morgan fingerprint density at radius 3 is 2.64 bits per heavy atom. The molecule has 0 aromatic carbocycles. The summed E-state index contributed by atoms with van der Waals surface area (Å²) in [4.78, 5) is 11.0. The molecule has 2 N–H and O–H groups in total. The first-order valence-electron chi connectivity index (χ1n) is 3.36. The average Bonchev–Trinajstić information content (AvgIpc) is 2.52. The molecule has 4 nitrogen and oxygen atoms in total. The third-order valence-corrected chi connectivity index (χ3v) is 1.23. The zero-order valence-corrected chi connectivity index (χ0v) is 6.03. The van der Waals surface area contributed by atoms with Crippen LogP contribution in [0.25, 0.3) is 0 Å². The molecule has 0 bridgehead atoms. The molecule has 0 spiro atoms. The summed E-state index contributed by atoms with van der Waals surface area (Å²) in [5.74, 6) is 0. The zero-order valence-electron chi connectivity index (χ0n) is 6.03. The van der Waals surface area contributed by atoms with Gasteiger partial charge in [-0.05, 0) is 12.1 Å². The molecule has 0 fully saturated rings. The van der Waals surface area contributed by atoms with Gasteiger partial charge in [-0.3, -0.25) is 4.57 Å². The first-order chi connectivity index (χ1) is 5.34. The van der Waals surface area contributed by atoms with Gasteiger partial charge in [0.1, 0.15) is 0 Å². The molecular weight excluding hydrogens is 144 g/mol. The van der Waals surface area contributed by atoms with Crippen LogP contribution >= 0.6 is 0 Å². The van der Waals surface area contributed by atoms with Crippen molar-refractivity contribution in [2.75, 3.05) is 13.2 Å². The number of aliphatic hydroxyl groups excluding tert-OH is 1. The van der Waals surface area contributed by atoms with Gasteiger partial charge in [0.15, 0.2) is 0 Å². The highest BCUT2D eigenvalue weighted by Gasteiger charge is 1.98. The van der Waals surface area contributed by atoms with Crippen LogP contribution < -0.4 is 5.32 Å². The molecule has 0 saturated carbocycles. The van der Waals surface area contributed by atoms with E-state index >= 15 is 0 Å². The summed E-state index contributed by atoms with van der Waals surface area (Å²) in [6.07, 6.45) is 3.29. The topological polar surface area (TPSA) is 54.3 Å². The van der Waals surface area contributed by atoms with Gasteiger partial charge in [-0.2, -0.15) is 0 Å². The molecule has 1 heterocycles. The van der Waals surface area contributed by atoms with Gasteiger partial charge in [-0.1, -0.05) is 0 Å². The summed E-state index contributed by atoms with van der Waals surface area (Å²) in [5, 5.41) is 10.9. The molecular formula is C7H10N2O2. The number of carbonyl (C=O) groups excluding carboxylic acids is 1. The SMILES string of the molecule is O=C(NCCO)n1cccc1. The van der Waals surface area contributed by atoms with E-state index in [1.807, 2.05) is 0 Å². The number of nitrogens with one attached hydrogen (secondary N) is 1. The number of aromatic nitrogens is 1. The number of rotatable bonds is 2. The first kappa shape index (κ1) is 7.81. The van der Waals surface area contributed by atoms with Crippen molar-refractivity contribution in [3.05, 3.63) is 24.5 Å². The fourth-order valence-electron chi connectivity index (χ4n) is 0.724. The highest BCUT2D eigenvalue weighted by Crippen LogP contribution is 1.87. The van der Waals surface area contributed by atoms with Gasteiger partial charge in [0, 0.05) is 18.9 Å². The molecule has 0 unspecified atom stereocenters. The maximum atomic E-state index is 11.0. The van der Waals surface area contributed by atoms with Crippen LogP contribution in [-0.2, 0) is 0 Å². The highest BCUT2D eigenvalue weighted by molar-refractivity contribution is 5.76. The molecule has 11 heavy (non-hydrogen) atoms. The molecule has 0 aliphatic heterocycles. The van der Waals surface area contributed by atoms with Crippen LogP contribution in [-0.4, -0.2) is 28.9 Å². The smallest absolute Gasteiger partial charge is 0.325 e. The predicted octanol–water partition coefficient (Wildman–Crippen LogP) is 0.0381. The summed E-state index contributed by atoms with van der Waals surface area (Å²) < 4.78 is 1.41. The molecule has 60 valence electrons. The summed E-state index contributed by atoms with van der Waals surface area (Å²) >= 11 is 0. The Morgan fingerprint density at radius 1 is 1.45 bits per heavy atom. The lowest BCUT2D eigenvalue weighted by Crippen LogP contribution is -2.29.